The number of aryl methyl sites for hydroxylation is 2. The Morgan fingerprint density at radius 1 is 1.00 bits per heavy atom. The lowest BCUT2D eigenvalue weighted by Gasteiger charge is -2.20. The van der Waals surface area contributed by atoms with E-state index in [9.17, 15) is 13.2 Å². The molecule has 0 aromatic heterocycles. The highest BCUT2D eigenvalue weighted by Gasteiger charge is 2.30. The first kappa shape index (κ1) is 17.2. The summed E-state index contributed by atoms with van der Waals surface area (Å²) in [5.41, 5.74) is 3.20. The van der Waals surface area contributed by atoms with Crippen molar-refractivity contribution >= 4 is 11.4 Å². The van der Waals surface area contributed by atoms with Crippen LogP contribution in [-0.4, -0.2) is 12.6 Å². The topological polar surface area (TPSA) is 24.1 Å². The van der Waals surface area contributed by atoms with E-state index < -0.39 is 11.7 Å². The standard InChI is InChI=1S/C18H21F3N2/c1-12-6-4-7-13(2)17(12)23-14(3)11-22-16-9-5-8-15(10-16)18(19,20)21/h4-10,14,22-23H,11H2,1-3H3. The number of anilines is 2. The molecule has 124 valence electrons. The van der Waals surface area contributed by atoms with Gasteiger partial charge in [-0.3, -0.25) is 0 Å². The second-order valence-corrected chi connectivity index (χ2v) is 5.77. The van der Waals surface area contributed by atoms with Crippen LogP contribution in [0.15, 0.2) is 42.5 Å². The normalized spacial score (nSPS) is 12.8. The van der Waals surface area contributed by atoms with Gasteiger partial charge in [0, 0.05) is 24.0 Å². The molecule has 0 aliphatic carbocycles. The van der Waals surface area contributed by atoms with Crippen LogP contribution in [0.25, 0.3) is 0 Å². The van der Waals surface area contributed by atoms with Crippen molar-refractivity contribution in [3.63, 3.8) is 0 Å². The second-order valence-electron chi connectivity index (χ2n) is 5.77. The highest BCUT2D eigenvalue weighted by molar-refractivity contribution is 5.57. The zero-order valence-electron chi connectivity index (χ0n) is 13.5. The van der Waals surface area contributed by atoms with Crippen molar-refractivity contribution in [3.8, 4) is 0 Å². The molecule has 2 nitrogen and oxygen atoms in total. The zero-order chi connectivity index (χ0) is 17.0. The Kier molecular flexibility index (Phi) is 5.19. The number of para-hydroxylation sites is 1. The SMILES string of the molecule is Cc1cccc(C)c1NC(C)CNc1cccc(C(F)(F)F)c1. The first-order chi connectivity index (χ1) is 10.8. The highest BCUT2D eigenvalue weighted by Crippen LogP contribution is 2.30. The number of alkyl halides is 3. The molecule has 1 unspecified atom stereocenters. The average Bonchev–Trinajstić information content (AvgIpc) is 2.48. The first-order valence-electron chi connectivity index (χ1n) is 7.51. The van der Waals surface area contributed by atoms with Crippen molar-refractivity contribution < 1.29 is 13.2 Å². The fourth-order valence-electron chi connectivity index (χ4n) is 2.42. The molecule has 2 rings (SSSR count). The molecule has 0 bridgehead atoms. The van der Waals surface area contributed by atoms with Crippen LogP contribution < -0.4 is 10.6 Å². The minimum atomic E-state index is -4.32. The Labute approximate surface area is 134 Å². The molecule has 0 spiro atoms. The van der Waals surface area contributed by atoms with Crippen LogP contribution in [0.3, 0.4) is 0 Å². The molecule has 2 N–H and O–H groups in total. The van der Waals surface area contributed by atoms with Gasteiger partial charge in [-0.1, -0.05) is 24.3 Å². The largest absolute Gasteiger partial charge is 0.416 e. The third kappa shape index (κ3) is 4.65. The van der Waals surface area contributed by atoms with Gasteiger partial charge in [-0.15, -0.1) is 0 Å². The van der Waals surface area contributed by atoms with Gasteiger partial charge >= 0.3 is 6.18 Å². The molecule has 0 aliphatic rings. The van der Waals surface area contributed by atoms with Crippen LogP contribution in [0.5, 0.6) is 0 Å². The summed E-state index contributed by atoms with van der Waals surface area (Å²) in [6.45, 7) is 6.58. The lowest BCUT2D eigenvalue weighted by molar-refractivity contribution is -0.137. The van der Waals surface area contributed by atoms with Gasteiger partial charge in [0.15, 0.2) is 0 Å². The van der Waals surface area contributed by atoms with Crippen molar-refractivity contribution in [3.05, 3.63) is 59.2 Å². The summed E-state index contributed by atoms with van der Waals surface area (Å²) in [7, 11) is 0. The predicted molar refractivity (Wildman–Crippen MR) is 88.9 cm³/mol. The van der Waals surface area contributed by atoms with Crippen LogP contribution >= 0.6 is 0 Å². The summed E-state index contributed by atoms with van der Waals surface area (Å²) in [6, 6.07) is 11.4. The predicted octanol–water partition coefficient (Wildman–Crippen LogP) is 5.23. The van der Waals surface area contributed by atoms with Gasteiger partial charge in [-0.05, 0) is 50.1 Å². The van der Waals surface area contributed by atoms with E-state index in [-0.39, 0.29) is 6.04 Å². The number of nitrogens with one attached hydrogen (secondary N) is 2. The van der Waals surface area contributed by atoms with E-state index in [1.54, 1.807) is 6.07 Å². The minimum Gasteiger partial charge on any atom is -0.383 e. The Hall–Kier alpha value is -2.17. The Morgan fingerprint density at radius 3 is 2.22 bits per heavy atom. The van der Waals surface area contributed by atoms with Crippen LogP contribution in [-0.2, 0) is 6.18 Å². The van der Waals surface area contributed by atoms with Crippen LogP contribution in [0.1, 0.15) is 23.6 Å². The quantitative estimate of drug-likeness (QED) is 0.787. The molecule has 0 saturated carbocycles. The van der Waals surface area contributed by atoms with E-state index in [1.807, 2.05) is 39.0 Å². The Bertz CT molecular complexity index is 645. The third-order valence-corrected chi connectivity index (χ3v) is 3.67. The molecule has 0 saturated heterocycles. The molecule has 0 radical (unpaired) electrons. The maximum Gasteiger partial charge on any atom is 0.416 e. The molecule has 1 atom stereocenters. The molecule has 2 aromatic rings. The van der Waals surface area contributed by atoms with Crippen molar-refractivity contribution in [2.45, 2.75) is 33.0 Å². The van der Waals surface area contributed by atoms with Gasteiger partial charge in [0.1, 0.15) is 0 Å². The number of hydrogen-bond donors (Lipinski definition) is 2. The van der Waals surface area contributed by atoms with Gasteiger partial charge in [0.2, 0.25) is 0 Å². The van der Waals surface area contributed by atoms with E-state index >= 15 is 0 Å². The lowest BCUT2D eigenvalue weighted by atomic mass is 10.1. The first-order valence-corrected chi connectivity index (χ1v) is 7.51. The van der Waals surface area contributed by atoms with E-state index in [4.69, 9.17) is 0 Å². The molecule has 0 aliphatic heterocycles. The Morgan fingerprint density at radius 2 is 1.61 bits per heavy atom. The summed E-state index contributed by atoms with van der Waals surface area (Å²) in [6.07, 6.45) is -4.32. The van der Waals surface area contributed by atoms with Crippen LogP contribution in [0.4, 0.5) is 24.5 Å². The third-order valence-electron chi connectivity index (χ3n) is 3.67. The van der Waals surface area contributed by atoms with Gasteiger partial charge in [-0.2, -0.15) is 13.2 Å². The molecule has 23 heavy (non-hydrogen) atoms. The fraction of sp³-hybridized carbons (Fsp3) is 0.333. The molecule has 0 fully saturated rings. The summed E-state index contributed by atoms with van der Waals surface area (Å²) in [5, 5.41) is 6.46. The summed E-state index contributed by atoms with van der Waals surface area (Å²) in [5.74, 6) is 0. The number of hydrogen-bond acceptors (Lipinski definition) is 2. The van der Waals surface area contributed by atoms with Gasteiger partial charge in [0.25, 0.3) is 0 Å². The van der Waals surface area contributed by atoms with E-state index in [0.29, 0.717) is 12.2 Å². The number of halogens is 3. The van der Waals surface area contributed by atoms with Crippen molar-refractivity contribution in [1.82, 2.24) is 0 Å². The summed E-state index contributed by atoms with van der Waals surface area (Å²) >= 11 is 0. The van der Waals surface area contributed by atoms with E-state index in [0.717, 1.165) is 28.9 Å². The number of benzene rings is 2. The van der Waals surface area contributed by atoms with Crippen molar-refractivity contribution in [1.29, 1.82) is 0 Å². The fourth-order valence-corrected chi connectivity index (χ4v) is 2.42. The van der Waals surface area contributed by atoms with Gasteiger partial charge in [0.05, 0.1) is 5.56 Å². The summed E-state index contributed by atoms with van der Waals surface area (Å²) in [4.78, 5) is 0. The maximum absolute atomic E-state index is 12.7. The minimum absolute atomic E-state index is 0.0735. The van der Waals surface area contributed by atoms with Gasteiger partial charge in [-0.25, -0.2) is 0 Å². The van der Waals surface area contributed by atoms with Crippen LogP contribution in [0, 0.1) is 13.8 Å². The number of rotatable bonds is 5. The van der Waals surface area contributed by atoms with Crippen molar-refractivity contribution in [2.75, 3.05) is 17.2 Å². The summed E-state index contributed by atoms with van der Waals surface area (Å²) < 4.78 is 38.1. The van der Waals surface area contributed by atoms with Gasteiger partial charge < -0.3 is 10.6 Å². The monoisotopic (exact) mass is 322 g/mol. The lowest BCUT2D eigenvalue weighted by Crippen LogP contribution is -2.25. The average molecular weight is 322 g/mol. The second kappa shape index (κ2) is 6.94. The smallest absolute Gasteiger partial charge is 0.383 e. The maximum atomic E-state index is 12.7. The Balaban J connectivity index is 1.98. The van der Waals surface area contributed by atoms with E-state index in [2.05, 4.69) is 10.6 Å². The molecular formula is C18H21F3N2. The molecular weight excluding hydrogens is 301 g/mol. The molecule has 0 heterocycles. The van der Waals surface area contributed by atoms with E-state index in [1.165, 1.54) is 6.07 Å². The van der Waals surface area contributed by atoms with Crippen LogP contribution in [0.2, 0.25) is 0 Å². The molecule has 0 amide bonds. The van der Waals surface area contributed by atoms with Crippen molar-refractivity contribution in [2.24, 2.45) is 0 Å². The molecule has 2 aromatic carbocycles. The highest BCUT2D eigenvalue weighted by atomic mass is 19.4. The molecule has 5 heteroatoms. The zero-order valence-corrected chi connectivity index (χ0v) is 13.5.